The van der Waals surface area contributed by atoms with E-state index in [1.54, 1.807) is 0 Å². The molecule has 18 heavy (non-hydrogen) atoms. The lowest BCUT2D eigenvalue weighted by Gasteiger charge is -2.31. The molecular weight excluding hydrogens is 358 g/mol. The van der Waals surface area contributed by atoms with E-state index >= 15 is 0 Å². The van der Waals surface area contributed by atoms with E-state index in [2.05, 4.69) is 51.8 Å². The quantitative estimate of drug-likeness (QED) is 0.691. The first-order valence-corrected chi connectivity index (χ1v) is 7.88. The van der Waals surface area contributed by atoms with Crippen LogP contribution >= 0.6 is 31.9 Å². The molecule has 0 saturated heterocycles. The standard InChI is InChI=1S/C14H19Br2NO/c1-4-9-17(14(18)10(2)15)11(3)12-7-5-6-8-13(12)16/h5-8,10-11H,4,9H2,1-3H3. The number of hydrogen-bond donors (Lipinski definition) is 0. The average Bonchev–Trinajstić information content (AvgIpc) is 2.35. The molecule has 0 bridgehead atoms. The minimum Gasteiger partial charge on any atom is -0.335 e. The van der Waals surface area contributed by atoms with E-state index in [1.807, 2.05) is 30.0 Å². The molecule has 0 fully saturated rings. The second kappa shape index (κ2) is 7.29. The Hall–Kier alpha value is -0.350. The Labute approximate surface area is 126 Å². The van der Waals surface area contributed by atoms with Gasteiger partial charge in [0.1, 0.15) is 0 Å². The van der Waals surface area contributed by atoms with Crippen molar-refractivity contribution in [2.75, 3.05) is 6.54 Å². The fourth-order valence-corrected chi connectivity index (χ4v) is 2.82. The third kappa shape index (κ3) is 3.82. The highest BCUT2D eigenvalue weighted by atomic mass is 79.9. The average molecular weight is 377 g/mol. The van der Waals surface area contributed by atoms with Crippen LogP contribution in [-0.2, 0) is 4.79 Å². The molecule has 1 rings (SSSR count). The summed E-state index contributed by atoms with van der Waals surface area (Å²) in [7, 11) is 0. The molecule has 2 atom stereocenters. The van der Waals surface area contributed by atoms with Gasteiger partial charge in [-0.3, -0.25) is 4.79 Å². The lowest BCUT2D eigenvalue weighted by molar-refractivity contribution is -0.132. The van der Waals surface area contributed by atoms with Crippen molar-refractivity contribution >= 4 is 37.8 Å². The van der Waals surface area contributed by atoms with Gasteiger partial charge < -0.3 is 4.90 Å². The van der Waals surface area contributed by atoms with E-state index < -0.39 is 0 Å². The van der Waals surface area contributed by atoms with Gasteiger partial charge in [-0.2, -0.15) is 0 Å². The Balaban J connectivity index is 2.99. The zero-order chi connectivity index (χ0) is 13.7. The van der Waals surface area contributed by atoms with Crippen molar-refractivity contribution in [3.8, 4) is 0 Å². The number of rotatable bonds is 5. The van der Waals surface area contributed by atoms with Crippen LogP contribution in [0.4, 0.5) is 0 Å². The summed E-state index contributed by atoms with van der Waals surface area (Å²) in [6.45, 7) is 6.81. The van der Waals surface area contributed by atoms with Crippen LogP contribution in [0.1, 0.15) is 38.8 Å². The van der Waals surface area contributed by atoms with E-state index in [1.165, 1.54) is 0 Å². The number of halogens is 2. The third-order valence-electron chi connectivity index (χ3n) is 2.91. The minimum absolute atomic E-state index is 0.0769. The summed E-state index contributed by atoms with van der Waals surface area (Å²) < 4.78 is 1.05. The van der Waals surface area contributed by atoms with Crippen LogP contribution in [0.2, 0.25) is 0 Å². The molecule has 0 aromatic heterocycles. The highest BCUT2D eigenvalue weighted by Crippen LogP contribution is 2.28. The van der Waals surface area contributed by atoms with Crippen LogP contribution in [0.5, 0.6) is 0 Å². The topological polar surface area (TPSA) is 20.3 Å². The van der Waals surface area contributed by atoms with Gasteiger partial charge in [-0.15, -0.1) is 0 Å². The zero-order valence-corrected chi connectivity index (χ0v) is 14.2. The molecular formula is C14H19Br2NO. The molecule has 1 aromatic carbocycles. The smallest absolute Gasteiger partial charge is 0.236 e. The van der Waals surface area contributed by atoms with Gasteiger partial charge >= 0.3 is 0 Å². The Morgan fingerprint density at radius 2 is 1.94 bits per heavy atom. The number of benzene rings is 1. The van der Waals surface area contributed by atoms with Gasteiger partial charge in [0, 0.05) is 11.0 Å². The van der Waals surface area contributed by atoms with Crippen LogP contribution < -0.4 is 0 Å². The normalized spacial score (nSPS) is 14.1. The highest BCUT2D eigenvalue weighted by molar-refractivity contribution is 9.10. The maximum Gasteiger partial charge on any atom is 0.236 e. The second-order valence-electron chi connectivity index (χ2n) is 4.35. The summed E-state index contributed by atoms with van der Waals surface area (Å²) in [4.78, 5) is 14.0. The minimum atomic E-state index is -0.144. The molecule has 0 N–H and O–H groups in total. The van der Waals surface area contributed by atoms with Crippen LogP contribution in [0.25, 0.3) is 0 Å². The molecule has 0 spiro atoms. The van der Waals surface area contributed by atoms with Gasteiger partial charge in [-0.1, -0.05) is 57.0 Å². The largest absolute Gasteiger partial charge is 0.335 e. The molecule has 2 unspecified atom stereocenters. The summed E-state index contributed by atoms with van der Waals surface area (Å²) in [6, 6.07) is 8.14. The van der Waals surface area contributed by atoms with Crippen LogP contribution in [0.15, 0.2) is 28.7 Å². The van der Waals surface area contributed by atoms with Crippen molar-refractivity contribution in [3.63, 3.8) is 0 Å². The van der Waals surface area contributed by atoms with Crippen LogP contribution in [-0.4, -0.2) is 22.2 Å². The number of carbonyl (C=O) groups excluding carboxylic acids is 1. The van der Waals surface area contributed by atoms with Gasteiger partial charge in [0.05, 0.1) is 10.9 Å². The van der Waals surface area contributed by atoms with Gasteiger partial charge in [-0.25, -0.2) is 0 Å². The molecule has 1 amide bonds. The predicted octanol–water partition coefficient (Wildman–Crippen LogP) is 4.53. The Morgan fingerprint density at radius 3 is 2.44 bits per heavy atom. The first-order valence-electron chi connectivity index (χ1n) is 6.18. The van der Waals surface area contributed by atoms with Gasteiger partial charge in [0.25, 0.3) is 0 Å². The molecule has 1 aromatic rings. The Kier molecular flexibility index (Phi) is 6.36. The lowest BCUT2D eigenvalue weighted by atomic mass is 10.1. The van der Waals surface area contributed by atoms with Crippen molar-refractivity contribution in [1.82, 2.24) is 4.90 Å². The number of hydrogen-bond acceptors (Lipinski definition) is 1. The Bertz CT molecular complexity index is 407. The summed E-state index contributed by atoms with van der Waals surface area (Å²) in [5.41, 5.74) is 1.15. The maximum atomic E-state index is 12.2. The fourth-order valence-electron chi connectivity index (χ4n) is 1.95. The van der Waals surface area contributed by atoms with Crippen LogP contribution in [0.3, 0.4) is 0 Å². The van der Waals surface area contributed by atoms with E-state index in [0.717, 1.165) is 23.0 Å². The van der Waals surface area contributed by atoms with Crippen LogP contribution in [0, 0.1) is 0 Å². The van der Waals surface area contributed by atoms with Crippen molar-refractivity contribution in [2.24, 2.45) is 0 Å². The monoisotopic (exact) mass is 375 g/mol. The molecule has 0 aliphatic heterocycles. The summed E-state index contributed by atoms with van der Waals surface area (Å²) >= 11 is 6.92. The number of nitrogens with zero attached hydrogens (tertiary/aromatic N) is 1. The molecule has 0 saturated carbocycles. The van der Waals surface area contributed by atoms with Crippen molar-refractivity contribution < 1.29 is 4.79 Å². The maximum absolute atomic E-state index is 12.2. The van der Waals surface area contributed by atoms with E-state index in [9.17, 15) is 4.79 Å². The third-order valence-corrected chi connectivity index (χ3v) is 4.02. The summed E-state index contributed by atoms with van der Waals surface area (Å²) in [6.07, 6.45) is 0.959. The van der Waals surface area contributed by atoms with Gasteiger partial charge in [-0.05, 0) is 31.9 Å². The number of carbonyl (C=O) groups is 1. The van der Waals surface area contributed by atoms with E-state index in [0.29, 0.717) is 0 Å². The molecule has 0 heterocycles. The SMILES string of the molecule is CCCN(C(=O)C(C)Br)C(C)c1ccccc1Br. The highest BCUT2D eigenvalue weighted by Gasteiger charge is 2.24. The van der Waals surface area contributed by atoms with Crippen molar-refractivity contribution in [1.29, 1.82) is 0 Å². The predicted molar refractivity (Wildman–Crippen MR) is 83.0 cm³/mol. The van der Waals surface area contributed by atoms with Gasteiger partial charge in [0.15, 0.2) is 0 Å². The number of alkyl halides is 1. The molecule has 0 radical (unpaired) electrons. The molecule has 100 valence electrons. The first-order chi connectivity index (χ1) is 8.49. The van der Waals surface area contributed by atoms with E-state index in [4.69, 9.17) is 0 Å². The molecule has 0 aliphatic carbocycles. The Morgan fingerprint density at radius 1 is 1.33 bits per heavy atom. The van der Waals surface area contributed by atoms with Crippen molar-refractivity contribution in [3.05, 3.63) is 34.3 Å². The first kappa shape index (κ1) is 15.7. The molecule has 0 aliphatic rings. The van der Waals surface area contributed by atoms with E-state index in [-0.39, 0.29) is 16.8 Å². The lowest BCUT2D eigenvalue weighted by Crippen LogP contribution is -2.38. The van der Waals surface area contributed by atoms with Crippen molar-refractivity contribution in [2.45, 2.75) is 38.1 Å². The molecule has 2 nitrogen and oxygen atoms in total. The summed E-state index contributed by atoms with van der Waals surface area (Å²) in [5, 5.41) is 0. The number of amides is 1. The summed E-state index contributed by atoms with van der Waals surface area (Å²) in [5.74, 6) is 0.139. The molecule has 4 heteroatoms. The van der Waals surface area contributed by atoms with Gasteiger partial charge in [0.2, 0.25) is 5.91 Å². The zero-order valence-electron chi connectivity index (χ0n) is 11.0. The second-order valence-corrected chi connectivity index (χ2v) is 6.57. The fraction of sp³-hybridized carbons (Fsp3) is 0.500.